The number of nitrogens with zero attached hydrogens (tertiary/aromatic N) is 4. The average Bonchev–Trinajstić information content (AvgIpc) is 3.12. The molecule has 9 heteroatoms. The molecule has 0 spiro atoms. The van der Waals surface area contributed by atoms with Crippen LogP contribution in [0.3, 0.4) is 0 Å². The van der Waals surface area contributed by atoms with Gasteiger partial charge in [0.2, 0.25) is 5.82 Å². The van der Waals surface area contributed by atoms with Gasteiger partial charge >= 0.3 is 5.69 Å². The highest BCUT2D eigenvalue weighted by Gasteiger charge is 2.19. The Kier molecular flexibility index (Phi) is 4.67. The molecular weight excluding hydrogens is 364 g/mol. The number of para-hydroxylation sites is 1. The molecule has 0 bridgehead atoms. The smallest absolute Gasteiger partial charge is 0.297 e. The van der Waals surface area contributed by atoms with Gasteiger partial charge in [-0.2, -0.15) is 9.78 Å². The summed E-state index contributed by atoms with van der Waals surface area (Å²) in [5.41, 5.74) is 1.90. The van der Waals surface area contributed by atoms with E-state index in [0.29, 0.717) is 16.6 Å². The maximum absolute atomic E-state index is 12.4. The van der Waals surface area contributed by atoms with Gasteiger partial charge < -0.3 is 0 Å². The van der Waals surface area contributed by atoms with Crippen LogP contribution in [0.15, 0.2) is 75.7 Å². The van der Waals surface area contributed by atoms with E-state index in [1.54, 1.807) is 24.3 Å². The molecular formula is C18H14N6O2S. The Morgan fingerprint density at radius 3 is 2.41 bits per heavy atom. The second-order valence-corrected chi connectivity index (χ2v) is 6.55. The zero-order chi connectivity index (χ0) is 18.6. The topological polar surface area (TPSA) is 104 Å². The molecule has 134 valence electrons. The molecule has 8 nitrogen and oxygen atoms in total. The predicted octanol–water partition coefficient (Wildman–Crippen LogP) is 1.80. The summed E-state index contributed by atoms with van der Waals surface area (Å²) in [5, 5.41) is 15.2. The Morgan fingerprint density at radius 2 is 1.74 bits per heavy atom. The molecule has 0 saturated heterocycles. The molecule has 0 fully saturated rings. The summed E-state index contributed by atoms with van der Waals surface area (Å²) in [6, 6.07) is 18.6. The molecule has 0 atom stereocenters. The van der Waals surface area contributed by atoms with Crippen LogP contribution in [-0.4, -0.2) is 37.3 Å². The van der Waals surface area contributed by atoms with E-state index in [1.165, 1.54) is 11.8 Å². The lowest BCUT2D eigenvalue weighted by molar-refractivity contribution is 0.0968. The van der Waals surface area contributed by atoms with Crippen molar-refractivity contribution >= 4 is 28.5 Å². The van der Waals surface area contributed by atoms with Crippen LogP contribution in [-0.2, 0) is 0 Å². The summed E-state index contributed by atoms with van der Waals surface area (Å²) in [5.74, 6) is -0.0608. The van der Waals surface area contributed by atoms with Crippen LogP contribution < -0.4 is 11.0 Å². The van der Waals surface area contributed by atoms with Gasteiger partial charge in [0, 0.05) is 5.75 Å². The maximum atomic E-state index is 12.4. The van der Waals surface area contributed by atoms with Crippen molar-refractivity contribution in [2.75, 3.05) is 5.75 Å². The zero-order valence-corrected chi connectivity index (χ0v) is 14.8. The van der Waals surface area contributed by atoms with Crippen molar-refractivity contribution in [3.05, 3.63) is 82.5 Å². The number of nitrogens with one attached hydrogen (secondary N) is 2. The molecule has 2 heterocycles. The number of aromatic nitrogens is 3. The second-order valence-electron chi connectivity index (χ2n) is 5.59. The van der Waals surface area contributed by atoms with Gasteiger partial charge in [-0.05, 0) is 17.7 Å². The molecule has 1 aliphatic heterocycles. The fraction of sp³-hybridized carbons (Fsp3) is 0.0556. The molecule has 0 unspecified atom stereocenters. The van der Waals surface area contributed by atoms with Crippen molar-refractivity contribution in [3.63, 3.8) is 0 Å². The van der Waals surface area contributed by atoms with E-state index in [1.807, 2.05) is 36.4 Å². The van der Waals surface area contributed by atoms with Crippen molar-refractivity contribution in [2.24, 2.45) is 10.2 Å². The largest absolute Gasteiger partial charge is 0.348 e. The Hall–Kier alpha value is -3.46. The Morgan fingerprint density at radius 1 is 1.04 bits per heavy atom. The number of thioether (sulfide) groups is 1. The van der Waals surface area contributed by atoms with Gasteiger partial charge in [0.1, 0.15) is 0 Å². The predicted molar refractivity (Wildman–Crippen MR) is 105 cm³/mol. The first-order chi connectivity index (χ1) is 13.2. The lowest BCUT2D eigenvalue weighted by Crippen LogP contribution is -2.31. The lowest BCUT2D eigenvalue weighted by Gasteiger charge is -2.12. The van der Waals surface area contributed by atoms with E-state index in [-0.39, 0.29) is 5.82 Å². The van der Waals surface area contributed by atoms with E-state index in [0.717, 1.165) is 16.0 Å². The van der Waals surface area contributed by atoms with Crippen molar-refractivity contribution in [1.82, 2.24) is 20.1 Å². The lowest BCUT2D eigenvalue weighted by atomic mass is 10.1. The standard InChI is InChI=1S/C18H14N6O2S/c25-16(15-19-18(26)24(23-15)13-9-5-2-6-10-13)20-17-22-21-14(11-27-17)12-7-3-1-4-8-12/h1-10H,11H2,(H,19,23,26)(H,20,22,25). The summed E-state index contributed by atoms with van der Waals surface area (Å²) in [6.45, 7) is 0. The Balaban J connectivity index is 1.50. The summed E-state index contributed by atoms with van der Waals surface area (Å²) in [6.07, 6.45) is 0. The minimum atomic E-state index is -0.550. The molecule has 1 aliphatic rings. The molecule has 0 aliphatic carbocycles. The molecule has 4 rings (SSSR count). The molecule has 0 radical (unpaired) electrons. The SMILES string of the molecule is O=C(NC1=NN=C(c2ccccc2)CS1)c1nn(-c2ccccc2)c(=O)[nH]1. The van der Waals surface area contributed by atoms with Gasteiger partial charge in [0.25, 0.3) is 5.91 Å². The number of H-pyrrole nitrogens is 1. The summed E-state index contributed by atoms with van der Waals surface area (Å²) >= 11 is 1.36. The number of aromatic amines is 1. The third-order valence-electron chi connectivity index (χ3n) is 3.77. The van der Waals surface area contributed by atoms with Crippen molar-refractivity contribution in [3.8, 4) is 5.69 Å². The van der Waals surface area contributed by atoms with Crippen LogP contribution in [0.2, 0.25) is 0 Å². The number of carbonyl (C=O) groups is 1. The third kappa shape index (κ3) is 3.72. The normalized spacial score (nSPS) is 13.6. The summed E-state index contributed by atoms with van der Waals surface area (Å²) < 4.78 is 1.14. The molecule has 1 aromatic heterocycles. The Bertz CT molecular complexity index is 1090. The number of amides is 1. The van der Waals surface area contributed by atoms with E-state index in [2.05, 4.69) is 25.6 Å². The van der Waals surface area contributed by atoms with Crippen molar-refractivity contribution < 1.29 is 4.79 Å². The van der Waals surface area contributed by atoms with Crippen LogP contribution in [0.4, 0.5) is 0 Å². The number of hydrogen-bond acceptors (Lipinski definition) is 6. The quantitative estimate of drug-likeness (QED) is 0.725. The molecule has 2 N–H and O–H groups in total. The van der Waals surface area contributed by atoms with E-state index >= 15 is 0 Å². The number of hydrogen-bond donors (Lipinski definition) is 2. The van der Waals surface area contributed by atoms with Crippen molar-refractivity contribution in [2.45, 2.75) is 0 Å². The zero-order valence-electron chi connectivity index (χ0n) is 14.0. The monoisotopic (exact) mass is 378 g/mol. The van der Waals surface area contributed by atoms with E-state index in [9.17, 15) is 9.59 Å². The number of amidine groups is 1. The minimum absolute atomic E-state index is 0.0926. The fourth-order valence-corrected chi connectivity index (χ4v) is 3.22. The van der Waals surface area contributed by atoms with Gasteiger partial charge in [-0.15, -0.1) is 10.2 Å². The third-order valence-corrected chi connectivity index (χ3v) is 4.64. The van der Waals surface area contributed by atoms with Gasteiger partial charge in [-0.3, -0.25) is 15.1 Å². The highest BCUT2D eigenvalue weighted by Crippen LogP contribution is 2.14. The maximum Gasteiger partial charge on any atom is 0.348 e. The summed E-state index contributed by atoms with van der Waals surface area (Å²) in [4.78, 5) is 26.9. The van der Waals surface area contributed by atoms with Gasteiger partial charge in [-0.25, -0.2) is 4.79 Å². The highest BCUT2D eigenvalue weighted by atomic mass is 32.2. The molecule has 3 aromatic rings. The van der Waals surface area contributed by atoms with Crippen LogP contribution in [0.5, 0.6) is 0 Å². The second kappa shape index (κ2) is 7.42. The first kappa shape index (κ1) is 17.0. The van der Waals surface area contributed by atoms with Crippen LogP contribution >= 0.6 is 11.8 Å². The van der Waals surface area contributed by atoms with Gasteiger partial charge in [0.15, 0.2) is 5.17 Å². The molecule has 27 heavy (non-hydrogen) atoms. The van der Waals surface area contributed by atoms with Gasteiger partial charge in [-0.1, -0.05) is 60.3 Å². The number of benzene rings is 2. The van der Waals surface area contributed by atoms with E-state index in [4.69, 9.17) is 0 Å². The highest BCUT2D eigenvalue weighted by molar-refractivity contribution is 8.14. The minimum Gasteiger partial charge on any atom is -0.297 e. The molecule has 1 amide bonds. The Labute approximate surface area is 158 Å². The van der Waals surface area contributed by atoms with Gasteiger partial charge in [0.05, 0.1) is 11.4 Å². The first-order valence-corrected chi connectivity index (χ1v) is 9.08. The van der Waals surface area contributed by atoms with Crippen LogP contribution in [0.1, 0.15) is 16.2 Å². The molecule has 0 saturated carbocycles. The van der Waals surface area contributed by atoms with Crippen LogP contribution in [0.25, 0.3) is 5.69 Å². The van der Waals surface area contributed by atoms with Crippen LogP contribution in [0, 0.1) is 0 Å². The first-order valence-electron chi connectivity index (χ1n) is 8.09. The average molecular weight is 378 g/mol. The number of rotatable bonds is 3. The summed E-state index contributed by atoms with van der Waals surface area (Å²) in [7, 11) is 0. The van der Waals surface area contributed by atoms with E-state index < -0.39 is 11.6 Å². The van der Waals surface area contributed by atoms with Crippen molar-refractivity contribution in [1.29, 1.82) is 0 Å². The number of carbonyl (C=O) groups excluding carboxylic acids is 1. The fourth-order valence-electron chi connectivity index (χ4n) is 2.46. The molecule has 2 aromatic carbocycles.